The van der Waals surface area contributed by atoms with Crippen LogP contribution in [0.2, 0.25) is 0 Å². The molecule has 0 fully saturated rings. The van der Waals surface area contributed by atoms with E-state index in [0.717, 1.165) is 32.1 Å². The van der Waals surface area contributed by atoms with Crippen molar-refractivity contribution in [2.24, 2.45) is 0 Å². The highest BCUT2D eigenvalue weighted by atomic mass is 16.3. The van der Waals surface area contributed by atoms with Crippen LogP contribution in [0.3, 0.4) is 0 Å². The van der Waals surface area contributed by atoms with Crippen LogP contribution in [0.1, 0.15) is 303 Å². The van der Waals surface area contributed by atoms with Crippen LogP contribution in [-0.4, -0.2) is 46.1 Å². The number of hydrogen-bond donors (Lipinski definition) is 4. The molecule has 0 aliphatic carbocycles. The highest BCUT2D eigenvalue weighted by Crippen LogP contribution is 2.17. The molecule has 362 valence electrons. The number of aliphatic hydroxyl groups is 3. The number of carbonyl (C=O) groups is 1. The molecule has 61 heavy (non-hydrogen) atoms. The number of aliphatic hydroxyl groups excluding tert-OH is 3. The molecule has 5 nitrogen and oxygen atoms in total. The Morgan fingerprint density at radius 2 is 0.656 bits per heavy atom. The fourth-order valence-electron chi connectivity index (χ4n) is 8.71. The fourth-order valence-corrected chi connectivity index (χ4v) is 8.71. The summed E-state index contributed by atoms with van der Waals surface area (Å²) in [6.45, 7) is 4.17. The Balaban J connectivity index is 3.41. The first-order chi connectivity index (χ1) is 30.1. The Bertz CT molecular complexity index is 905. The lowest BCUT2D eigenvalue weighted by molar-refractivity contribution is -0.131. The number of amides is 1. The molecule has 0 spiro atoms. The number of rotatable bonds is 51. The normalized spacial score (nSPS) is 13.5. The summed E-state index contributed by atoms with van der Waals surface area (Å²) in [4.78, 5) is 12.5. The summed E-state index contributed by atoms with van der Waals surface area (Å²) in [6, 6.07) is -0.793. The third kappa shape index (κ3) is 46.6. The van der Waals surface area contributed by atoms with Crippen LogP contribution < -0.4 is 5.32 Å². The Morgan fingerprint density at radius 1 is 0.393 bits per heavy atom. The zero-order valence-electron chi connectivity index (χ0n) is 41.3. The lowest BCUT2D eigenvalue weighted by Crippen LogP contribution is -2.48. The van der Waals surface area contributed by atoms with Crippen LogP contribution in [-0.2, 0) is 4.79 Å². The molecule has 0 aliphatic heterocycles. The van der Waals surface area contributed by atoms with Gasteiger partial charge in [-0.3, -0.25) is 4.79 Å². The monoisotopic (exact) mass is 860 g/mol. The first-order valence-electron chi connectivity index (χ1n) is 27.7. The topological polar surface area (TPSA) is 89.8 Å². The molecule has 0 heterocycles. The number of allylic oxidation sites excluding steroid dienone is 3. The second kappa shape index (κ2) is 51.5. The average Bonchev–Trinajstić information content (AvgIpc) is 3.26. The summed E-state index contributed by atoms with van der Waals surface area (Å²) >= 11 is 0. The standard InChI is InChI=1S/C56H109NO4/c1-3-5-7-9-11-13-14-15-16-17-18-19-20-21-22-23-24-25-26-27-28-29-30-31-32-33-34-35-36-37-38-39-40-41-43-45-47-49-51-55(60)56(61)57-53(52-58)54(59)50-48-46-44-42-12-10-8-6-4-2/h27-28,48,50,53-55,58-60H,3-26,29-47,49,51-52H2,1-2H3,(H,57,61)/b28-27-,50-48+. The molecule has 0 aromatic rings. The van der Waals surface area contributed by atoms with Gasteiger partial charge >= 0.3 is 0 Å². The van der Waals surface area contributed by atoms with E-state index in [1.165, 1.54) is 250 Å². The SMILES string of the molecule is CCCCCCCCC/C=C/C(O)C(CO)NC(=O)C(O)CCCCCCCCCCCCCCCCCC/C=C\CCCCCCCCCCCCCCCCCCCC. The summed E-state index contributed by atoms with van der Waals surface area (Å²) in [5.74, 6) is -0.502. The minimum Gasteiger partial charge on any atom is -0.394 e. The van der Waals surface area contributed by atoms with Gasteiger partial charge in [0.1, 0.15) is 6.10 Å². The van der Waals surface area contributed by atoms with Crippen molar-refractivity contribution in [1.82, 2.24) is 5.32 Å². The van der Waals surface area contributed by atoms with Gasteiger partial charge in [0.2, 0.25) is 5.91 Å². The van der Waals surface area contributed by atoms with Gasteiger partial charge in [0.25, 0.3) is 0 Å². The zero-order valence-corrected chi connectivity index (χ0v) is 41.3. The molecule has 0 rings (SSSR count). The van der Waals surface area contributed by atoms with Gasteiger partial charge in [0, 0.05) is 0 Å². The maximum absolute atomic E-state index is 12.5. The van der Waals surface area contributed by atoms with E-state index in [-0.39, 0.29) is 6.61 Å². The molecule has 0 aromatic heterocycles. The van der Waals surface area contributed by atoms with Gasteiger partial charge in [0.15, 0.2) is 0 Å². The smallest absolute Gasteiger partial charge is 0.249 e. The summed E-state index contributed by atoms with van der Waals surface area (Å²) in [5.41, 5.74) is 0. The quantitative estimate of drug-likeness (QED) is 0.0362. The van der Waals surface area contributed by atoms with E-state index in [0.29, 0.717) is 6.42 Å². The van der Waals surface area contributed by atoms with Crippen LogP contribution in [0.5, 0.6) is 0 Å². The van der Waals surface area contributed by atoms with Gasteiger partial charge in [0.05, 0.1) is 18.8 Å². The van der Waals surface area contributed by atoms with E-state index in [9.17, 15) is 20.1 Å². The molecule has 0 aliphatic rings. The van der Waals surface area contributed by atoms with Crippen molar-refractivity contribution in [3.05, 3.63) is 24.3 Å². The largest absolute Gasteiger partial charge is 0.394 e. The van der Waals surface area contributed by atoms with E-state index in [1.54, 1.807) is 6.08 Å². The number of hydrogen-bond acceptors (Lipinski definition) is 4. The second-order valence-electron chi connectivity index (χ2n) is 19.1. The first kappa shape index (κ1) is 59.8. The predicted octanol–water partition coefficient (Wildman–Crippen LogP) is 16.9. The predicted molar refractivity (Wildman–Crippen MR) is 268 cm³/mol. The van der Waals surface area contributed by atoms with Gasteiger partial charge in [-0.25, -0.2) is 0 Å². The van der Waals surface area contributed by atoms with Crippen molar-refractivity contribution < 1.29 is 20.1 Å². The van der Waals surface area contributed by atoms with Crippen molar-refractivity contribution in [1.29, 1.82) is 0 Å². The van der Waals surface area contributed by atoms with Gasteiger partial charge < -0.3 is 20.6 Å². The van der Waals surface area contributed by atoms with Crippen LogP contribution in [0, 0.1) is 0 Å². The molecule has 0 bridgehead atoms. The van der Waals surface area contributed by atoms with Crippen molar-refractivity contribution in [2.45, 2.75) is 321 Å². The molecule has 0 radical (unpaired) electrons. The second-order valence-corrected chi connectivity index (χ2v) is 19.1. The molecular weight excluding hydrogens is 751 g/mol. The van der Waals surface area contributed by atoms with Crippen molar-refractivity contribution in [3.8, 4) is 0 Å². The van der Waals surface area contributed by atoms with Crippen LogP contribution >= 0.6 is 0 Å². The van der Waals surface area contributed by atoms with E-state index < -0.39 is 24.2 Å². The minimum absolute atomic E-state index is 0.362. The summed E-state index contributed by atoms with van der Waals surface area (Å²) < 4.78 is 0. The molecule has 0 aromatic carbocycles. The molecule has 3 unspecified atom stereocenters. The third-order valence-electron chi connectivity index (χ3n) is 13.0. The third-order valence-corrected chi connectivity index (χ3v) is 13.0. The highest BCUT2D eigenvalue weighted by Gasteiger charge is 2.22. The number of unbranched alkanes of at least 4 members (excludes halogenated alkanes) is 41. The zero-order chi connectivity index (χ0) is 44.4. The van der Waals surface area contributed by atoms with E-state index >= 15 is 0 Å². The van der Waals surface area contributed by atoms with Gasteiger partial charge in [-0.05, 0) is 44.9 Å². The molecule has 1 amide bonds. The van der Waals surface area contributed by atoms with Crippen molar-refractivity contribution >= 4 is 5.91 Å². The Morgan fingerprint density at radius 3 is 0.951 bits per heavy atom. The van der Waals surface area contributed by atoms with E-state index in [1.807, 2.05) is 6.08 Å². The lowest BCUT2D eigenvalue weighted by atomic mass is 10.0. The molecule has 4 N–H and O–H groups in total. The maximum atomic E-state index is 12.5. The van der Waals surface area contributed by atoms with E-state index in [4.69, 9.17) is 0 Å². The van der Waals surface area contributed by atoms with Crippen LogP contribution in [0.25, 0.3) is 0 Å². The van der Waals surface area contributed by atoms with Crippen molar-refractivity contribution in [3.63, 3.8) is 0 Å². The number of nitrogens with one attached hydrogen (secondary N) is 1. The highest BCUT2D eigenvalue weighted by molar-refractivity contribution is 5.80. The number of carbonyl (C=O) groups excluding carboxylic acids is 1. The Labute approximate surface area is 382 Å². The van der Waals surface area contributed by atoms with E-state index in [2.05, 4.69) is 31.3 Å². The minimum atomic E-state index is -1.09. The Kier molecular flexibility index (Phi) is 50.5. The lowest BCUT2D eigenvalue weighted by Gasteiger charge is -2.21. The first-order valence-corrected chi connectivity index (χ1v) is 27.7. The summed E-state index contributed by atoms with van der Waals surface area (Å²) in [7, 11) is 0. The summed E-state index contributed by atoms with van der Waals surface area (Å²) in [5, 5.41) is 33.1. The average molecular weight is 860 g/mol. The molecule has 0 saturated heterocycles. The van der Waals surface area contributed by atoms with Gasteiger partial charge in [-0.2, -0.15) is 0 Å². The summed E-state index contributed by atoms with van der Waals surface area (Å²) in [6.07, 6.45) is 65.8. The molecule has 5 heteroatoms. The fraction of sp³-hybridized carbons (Fsp3) is 0.911. The van der Waals surface area contributed by atoms with Crippen LogP contribution in [0.4, 0.5) is 0 Å². The maximum Gasteiger partial charge on any atom is 0.249 e. The van der Waals surface area contributed by atoms with Crippen LogP contribution in [0.15, 0.2) is 24.3 Å². The molecule has 3 atom stereocenters. The Hall–Kier alpha value is -1.17. The molecular formula is C56H109NO4. The van der Waals surface area contributed by atoms with Crippen molar-refractivity contribution in [2.75, 3.05) is 6.61 Å². The molecule has 0 saturated carbocycles. The van der Waals surface area contributed by atoms with Gasteiger partial charge in [-0.15, -0.1) is 0 Å². The van der Waals surface area contributed by atoms with Gasteiger partial charge in [-0.1, -0.05) is 282 Å².